The number of nitrogens with zero attached hydrogens (tertiary/aromatic N) is 1. The van der Waals surface area contributed by atoms with Gasteiger partial charge in [0.2, 0.25) is 5.90 Å². The van der Waals surface area contributed by atoms with Crippen molar-refractivity contribution in [2.75, 3.05) is 6.61 Å². The SMILES string of the molecule is CCO/C(=N\N)C(Cl)c1c(Cl)cc(C(F)(F)F)cc1Cl. The molecular weight excluding hydrogens is 339 g/mol. The maximum absolute atomic E-state index is 12.6. The minimum absolute atomic E-state index is 0.0562. The van der Waals surface area contributed by atoms with E-state index in [1.54, 1.807) is 6.92 Å². The quantitative estimate of drug-likeness (QED) is 0.285. The first-order chi connectivity index (χ1) is 9.22. The van der Waals surface area contributed by atoms with Crippen LogP contribution in [0, 0.1) is 0 Å². The highest BCUT2D eigenvalue weighted by molar-refractivity contribution is 6.40. The van der Waals surface area contributed by atoms with E-state index in [9.17, 15) is 13.2 Å². The topological polar surface area (TPSA) is 47.6 Å². The predicted octanol–water partition coefficient (Wildman–Crippen LogP) is 4.60. The number of benzene rings is 1. The van der Waals surface area contributed by atoms with E-state index < -0.39 is 17.1 Å². The first-order valence-electron chi connectivity index (χ1n) is 5.33. The van der Waals surface area contributed by atoms with E-state index in [4.69, 9.17) is 45.4 Å². The van der Waals surface area contributed by atoms with Crippen LogP contribution in [-0.2, 0) is 10.9 Å². The van der Waals surface area contributed by atoms with Crippen molar-refractivity contribution < 1.29 is 17.9 Å². The number of hydrogen-bond acceptors (Lipinski definition) is 3. The van der Waals surface area contributed by atoms with Crippen LogP contribution in [0.3, 0.4) is 0 Å². The molecule has 2 N–H and O–H groups in total. The zero-order valence-corrected chi connectivity index (χ0v) is 12.4. The minimum Gasteiger partial charge on any atom is -0.479 e. The zero-order valence-electron chi connectivity index (χ0n) is 10.1. The molecule has 0 aliphatic heterocycles. The van der Waals surface area contributed by atoms with Gasteiger partial charge in [-0.15, -0.1) is 16.7 Å². The highest BCUT2D eigenvalue weighted by Crippen LogP contribution is 2.40. The van der Waals surface area contributed by atoms with Gasteiger partial charge in [-0.25, -0.2) is 0 Å². The number of rotatable bonds is 3. The summed E-state index contributed by atoms with van der Waals surface area (Å²) in [5.74, 6) is 5.02. The third kappa shape index (κ3) is 3.84. The molecule has 0 aliphatic rings. The average molecular weight is 350 g/mol. The fraction of sp³-hybridized carbons (Fsp3) is 0.364. The normalized spacial score (nSPS) is 14.2. The maximum atomic E-state index is 12.6. The third-order valence-corrected chi connectivity index (χ3v) is 3.33. The molecule has 1 unspecified atom stereocenters. The summed E-state index contributed by atoms with van der Waals surface area (Å²) in [6, 6.07) is 1.47. The molecule has 0 amide bonds. The average Bonchev–Trinajstić information content (AvgIpc) is 2.33. The second-order valence-electron chi connectivity index (χ2n) is 3.61. The Morgan fingerprint density at radius 1 is 1.35 bits per heavy atom. The van der Waals surface area contributed by atoms with Gasteiger partial charge in [0.25, 0.3) is 0 Å². The van der Waals surface area contributed by atoms with Crippen molar-refractivity contribution >= 4 is 40.7 Å². The lowest BCUT2D eigenvalue weighted by atomic mass is 10.1. The van der Waals surface area contributed by atoms with Gasteiger partial charge in [0.15, 0.2) is 0 Å². The molecule has 20 heavy (non-hydrogen) atoms. The number of nitrogens with two attached hydrogens (primary N) is 1. The molecule has 3 nitrogen and oxygen atoms in total. The van der Waals surface area contributed by atoms with Crippen molar-refractivity contribution in [2.45, 2.75) is 18.5 Å². The van der Waals surface area contributed by atoms with Gasteiger partial charge < -0.3 is 10.6 Å². The van der Waals surface area contributed by atoms with Crippen molar-refractivity contribution in [3.05, 3.63) is 33.3 Å². The smallest absolute Gasteiger partial charge is 0.416 e. The summed E-state index contributed by atoms with van der Waals surface area (Å²) in [5.41, 5.74) is -0.914. The summed E-state index contributed by atoms with van der Waals surface area (Å²) in [6.07, 6.45) is -4.56. The molecule has 0 bridgehead atoms. The van der Waals surface area contributed by atoms with E-state index in [1.807, 2.05) is 0 Å². The molecule has 1 aromatic rings. The van der Waals surface area contributed by atoms with Gasteiger partial charge in [-0.2, -0.15) is 13.2 Å². The Bertz CT molecular complexity index is 497. The number of halogens is 6. The van der Waals surface area contributed by atoms with Crippen LogP contribution >= 0.6 is 34.8 Å². The highest BCUT2D eigenvalue weighted by atomic mass is 35.5. The van der Waals surface area contributed by atoms with Crippen LogP contribution < -0.4 is 5.84 Å². The summed E-state index contributed by atoms with van der Waals surface area (Å²) in [7, 11) is 0. The lowest BCUT2D eigenvalue weighted by molar-refractivity contribution is -0.137. The number of ether oxygens (including phenoxy) is 1. The van der Waals surface area contributed by atoms with Crippen LogP contribution in [0.4, 0.5) is 13.2 Å². The van der Waals surface area contributed by atoms with Crippen molar-refractivity contribution in [2.24, 2.45) is 10.9 Å². The Hall–Kier alpha value is -0.850. The van der Waals surface area contributed by atoms with Crippen LogP contribution in [0.2, 0.25) is 10.0 Å². The van der Waals surface area contributed by atoms with Crippen LogP contribution in [0.15, 0.2) is 17.2 Å². The molecule has 0 saturated carbocycles. The standard InChI is InChI=1S/C11H10Cl3F3N2O/c1-2-20-10(19-18)9(14)8-6(12)3-5(4-7(8)13)11(15,16)17/h3-4,9H,2,18H2,1H3/b19-10-. The number of alkyl halides is 4. The predicted molar refractivity (Wildman–Crippen MR) is 73.3 cm³/mol. The Morgan fingerprint density at radius 2 is 1.85 bits per heavy atom. The fourth-order valence-corrected chi connectivity index (χ4v) is 2.61. The molecule has 112 valence electrons. The van der Waals surface area contributed by atoms with Crippen LogP contribution in [-0.4, -0.2) is 12.5 Å². The first-order valence-corrected chi connectivity index (χ1v) is 6.52. The number of hydrazone groups is 1. The van der Waals surface area contributed by atoms with Gasteiger partial charge in [0.05, 0.1) is 12.2 Å². The Kier molecular flexibility index (Phi) is 5.79. The third-order valence-electron chi connectivity index (χ3n) is 2.30. The second-order valence-corrected chi connectivity index (χ2v) is 4.87. The molecule has 9 heteroatoms. The van der Waals surface area contributed by atoms with Gasteiger partial charge in [-0.3, -0.25) is 0 Å². The molecule has 0 spiro atoms. The molecule has 0 saturated heterocycles. The Balaban J connectivity index is 3.27. The zero-order chi connectivity index (χ0) is 15.5. The van der Waals surface area contributed by atoms with E-state index in [-0.39, 0.29) is 28.1 Å². The molecular formula is C11H10Cl3F3N2O. The molecule has 0 aromatic heterocycles. The molecule has 1 rings (SSSR count). The van der Waals surface area contributed by atoms with Gasteiger partial charge in [0, 0.05) is 15.6 Å². The van der Waals surface area contributed by atoms with E-state index in [0.29, 0.717) is 0 Å². The summed E-state index contributed by atoms with van der Waals surface area (Å²) in [5, 5.41) is 1.76. The van der Waals surface area contributed by atoms with Gasteiger partial charge in [-0.1, -0.05) is 23.2 Å². The molecule has 1 aromatic carbocycles. The van der Waals surface area contributed by atoms with E-state index in [0.717, 1.165) is 12.1 Å². The van der Waals surface area contributed by atoms with Crippen LogP contribution in [0.5, 0.6) is 0 Å². The van der Waals surface area contributed by atoms with E-state index >= 15 is 0 Å². The lowest BCUT2D eigenvalue weighted by Gasteiger charge is -2.17. The molecule has 1 atom stereocenters. The van der Waals surface area contributed by atoms with Crippen molar-refractivity contribution in [1.29, 1.82) is 0 Å². The molecule has 0 fully saturated rings. The Labute approximate surface area is 128 Å². The summed E-state index contributed by atoms with van der Waals surface area (Å²) < 4.78 is 42.9. The summed E-state index contributed by atoms with van der Waals surface area (Å²) in [4.78, 5) is 0. The first kappa shape index (κ1) is 17.2. The van der Waals surface area contributed by atoms with Gasteiger partial charge >= 0.3 is 6.18 Å². The highest BCUT2D eigenvalue weighted by Gasteiger charge is 2.33. The van der Waals surface area contributed by atoms with Crippen molar-refractivity contribution in [1.82, 2.24) is 0 Å². The summed E-state index contributed by atoms with van der Waals surface area (Å²) in [6.45, 7) is 1.90. The fourth-order valence-electron chi connectivity index (χ4n) is 1.44. The van der Waals surface area contributed by atoms with Crippen LogP contribution in [0.1, 0.15) is 23.4 Å². The van der Waals surface area contributed by atoms with E-state index in [2.05, 4.69) is 5.10 Å². The molecule has 0 heterocycles. The second kappa shape index (κ2) is 6.74. The van der Waals surface area contributed by atoms with Gasteiger partial charge in [0.1, 0.15) is 5.38 Å². The van der Waals surface area contributed by atoms with Crippen LogP contribution in [0.25, 0.3) is 0 Å². The molecule has 0 radical (unpaired) electrons. The van der Waals surface area contributed by atoms with E-state index in [1.165, 1.54) is 0 Å². The maximum Gasteiger partial charge on any atom is 0.416 e. The van der Waals surface area contributed by atoms with Gasteiger partial charge in [-0.05, 0) is 19.1 Å². The van der Waals surface area contributed by atoms with Crippen molar-refractivity contribution in [3.8, 4) is 0 Å². The minimum atomic E-state index is -4.56. The summed E-state index contributed by atoms with van der Waals surface area (Å²) >= 11 is 17.7. The largest absolute Gasteiger partial charge is 0.479 e. The Morgan fingerprint density at radius 3 is 2.20 bits per heavy atom. The number of hydrogen-bond donors (Lipinski definition) is 1. The molecule has 0 aliphatic carbocycles. The lowest BCUT2D eigenvalue weighted by Crippen LogP contribution is -2.15. The van der Waals surface area contributed by atoms with Crippen molar-refractivity contribution in [3.63, 3.8) is 0 Å². The monoisotopic (exact) mass is 348 g/mol.